The molecule has 170 valence electrons. The number of unbranched alkanes of at least 4 members (excludes halogenated alkanes) is 2. The van der Waals surface area contributed by atoms with Crippen molar-refractivity contribution in [3.63, 3.8) is 0 Å². The fourth-order valence-electron chi connectivity index (χ4n) is 4.92. The van der Waals surface area contributed by atoms with Crippen molar-refractivity contribution in [2.24, 2.45) is 0 Å². The summed E-state index contributed by atoms with van der Waals surface area (Å²) in [4.78, 5) is 16.9. The average Bonchev–Trinajstić information content (AvgIpc) is 3.27. The van der Waals surface area contributed by atoms with Crippen molar-refractivity contribution < 1.29 is 4.42 Å². The van der Waals surface area contributed by atoms with Crippen molar-refractivity contribution >= 4 is 60.6 Å². The summed E-state index contributed by atoms with van der Waals surface area (Å²) in [5.74, 6) is 0. The van der Waals surface area contributed by atoms with Gasteiger partial charge in [0.05, 0.1) is 10.9 Å². The summed E-state index contributed by atoms with van der Waals surface area (Å²) >= 11 is 0. The van der Waals surface area contributed by atoms with Crippen LogP contribution in [0.1, 0.15) is 39.5 Å². The van der Waals surface area contributed by atoms with E-state index in [9.17, 15) is 0 Å². The van der Waals surface area contributed by atoms with Crippen LogP contribution in [0.2, 0.25) is 0 Å². The Balaban J connectivity index is 1.64. The van der Waals surface area contributed by atoms with E-state index in [0.717, 1.165) is 62.4 Å². The third kappa shape index (κ3) is 3.35. The smallest absolute Gasteiger partial charge is 0.178 e. The van der Waals surface area contributed by atoms with E-state index in [0.29, 0.717) is 5.65 Å². The highest BCUT2D eigenvalue weighted by Crippen LogP contribution is 2.40. The molecule has 5 nitrogen and oxygen atoms in total. The molecule has 0 bridgehead atoms. The molecule has 0 N–H and O–H groups in total. The first-order valence-electron chi connectivity index (χ1n) is 12.3. The van der Waals surface area contributed by atoms with Gasteiger partial charge in [-0.25, -0.2) is 15.0 Å². The molecule has 0 aliphatic carbocycles. The number of hydrogen-bond donors (Lipinski definition) is 0. The summed E-state index contributed by atoms with van der Waals surface area (Å²) < 4.78 is 6.58. The quantitative estimate of drug-likeness (QED) is 0.185. The molecule has 3 heterocycles. The van der Waals surface area contributed by atoms with Gasteiger partial charge in [0.15, 0.2) is 5.65 Å². The lowest BCUT2D eigenvalue weighted by Crippen LogP contribution is -2.25. The standard InChI is InChI=1S/C29H28N4O/c1-3-5-16-33(17-6-4-2)19-13-14-22-24(18-19)34-28-21-11-8-7-10-20(21)26-27(25(22)28)31-23-12-9-15-30-29(23)32-26/h7-15,18H,3-6,16-17H2,1-2H3. The molecule has 34 heavy (non-hydrogen) atoms. The zero-order valence-electron chi connectivity index (χ0n) is 19.7. The molecule has 0 amide bonds. The molecule has 0 unspecified atom stereocenters. The predicted molar refractivity (Wildman–Crippen MR) is 142 cm³/mol. The number of aromatic nitrogens is 3. The Morgan fingerprint density at radius 2 is 1.59 bits per heavy atom. The first-order valence-corrected chi connectivity index (χ1v) is 12.3. The third-order valence-corrected chi connectivity index (χ3v) is 6.71. The lowest BCUT2D eigenvalue weighted by atomic mass is 10.0. The Morgan fingerprint density at radius 1 is 0.794 bits per heavy atom. The maximum atomic E-state index is 6.58. The van der Waals surface area contributed by atoms with Crippen LogP contribution in [-0.2, 0) is 0 Å². The molecule has 0 aliphatic rings. The Labute approximate surface area is 198 Å². The van der Waals surface area contributed by atoms with Crippen LogP contribution in [0.3, 0.4) is 0 Å². The molecule has 6 aromatic rings. The van der Waals surface area contributed by atoms with E-state index in [1.165, 1.54) is 31.4 Å². The zero-order chi connectivity index (χ0) is 23.1. The molecule has 0 radical (unpaired) electrons. The molecule has 6 rings (SSSR count). The second-order valence-corrected chi connectivity index (χ2v) is 8.99. The van der Waals surface area contributed by atoms with Gasteiger partial charge in [-0.05, 0) is 37.1 Å². The van der Waals surface area contributed by atoms with Gasteiger partial charge in [-0.2, -0.15) is 0 Å². The van der Waals surface area contributed by atoms with E-state index in [4.69, 9.17) is 14.4 Å². The predicted octanol–water partition coefficient (Wildman–Crippen LogP) is 7.64. The van der Waals surface area contributed by atoms with Crippen LogP contribution in [-0.4, -0.2) is 28.0 Å². The second-order valence-electron chi connectivity index (χ2n) is 8.99. The van der Waals surface area contributed by atoms with Crippen LogP contribution in [0.25, 0.3) is 54.9 Å². The number of fused-ring (bicyclic) bond motifs is 9. The van der Waals surface area contributed by atoms with Crippen molar-refractivity contribution in [3.05, 3.63) is 60.8 Å². The lowest BCUT2D eigenvalue weighted by Gasteiger charge is -2.24. The first-order chi connectivity index (χ1) is 16.8. The molecular formula is C29H28N4O. The minimum absolute atomic E-state index is 0.664. The van der Waals surface area contributed by atoms with E-state index in [-0.39, 0.29) is 0 Å². The van der Waals surface area contributed by atoms with Crippen LogP contribution in [0, 0.1) is 0 Å². The Kier molecular flexibility index (Phi) is 5.25. The molecule has 0 saturated carbocycles. The van der Waals surface area contributed by atoms with Crippen LogP contribution < -0.4 is 4.90 Å². The molecule has 0 spiro atoms. The third-order valence-electron chi connectivity index (χ3n) is 6.71. The highest BCUT2D eigenvalue weighted by Gasteiger charge is 2.19. The molecule has 0 fully saturated rings. The molecule has 0 saturated heterocycles. The van der Waals surface area contributed by atoms with Crippen LogP contribution >= 0.6 is 0 Å². The average molecular weight is 449 g/mol. The lowest BCUT2D eigenvalue weighted by molar-refractivity contribution is 0.666. The van der Waals surface area contributed by atoms with E-state index in [1.807, 2.05) is 18.2 Å². The zero-order valence-corrected chi connectivity index (χ0v) is 19.7. The fourth-order valence-corrected chi connectivity index (χ4v) is 4.92. The Hall–Kier alpha value is -3.73. The van der Waals surface area contributed by atoms with Crippen molar-refractivity contribution in [3.8, 4) is 0 Å². The van der Waals surface area contributed by atoms with Crippen molar-refractivity contribution in [2.75, 3.05) is 18.0 Å². The fraction of sp³-hybridized carbons (Fsp3) is 0.276. The second kappa shape index (κ2) is 8.56. The van der Waals surface area contributed by atoms with Crippen molar-refractivity contribution in [2.45, 2.75) is 39.5 Å². The number of rotatable bonds is 7. The number of furan rings is 1. The number of nitrogens with zero attached hydrogens (tertiary/aromatic N) is 4. The highest BCUT2D eigenvalue weighted by molar-refractivity contribution is 6.28. The first kappa shape index (κ1) is 20.8. The van der Waals surface area contributed by atoms with E-state index < -0.39 is 0 Å². The van der Waals surface area contributed by atoms with Gasteiger partial charge in [0.1, 0.15) is 22.2 Å². The van der Waals surface area contributed by atoms with Gasteiger partial charge in [0.25, 0.3) is 0 Å². The summed E-state index contributed by atoms with van der Waals surface area (Å²) in [6.07, 6.45) is 6.52. The summed E-state index contributed by atoms with van der Waals surface area (Å²) in [6, 6.07) is 18.8. The molecule has 5 heteroatoms. The minimum Gasteiger partial charge on any atom is -0.455 e. The summed E-state index contributed by atoms with van der Waals surface area (Å²) in [6.45, 7) is 6.63. The van der Waals surface area contributed by atoms with Crippen molar-refractivity contribution in [1.29, 1.82) is 0 Å². The largest absolute Gasteiger partial charge is 0.455 e. The van der Waals surface area contributed by atoms with E-state index >= 15 is 0 Å². The minimum atomic E-state index is 0.664. The van der Waals surface area contributed by atoms with Crippen molar-refractivity contribution in [1.82, 2.24) is 15.0 Å². The number of benzene rings is 3. The van der Waals surface area contributed by atoms with Gasteiger partial charge >= 0.3 is 0 Å². The van der Waals surface area contributed by atoms with E-state index in [2.05, 4.69) is 60.1 Å². The summed E-state index contributed by atoms with van der Waals surface area (Å²) in [7, 11) is 0. The maximum absolute atomic E-state index is 6.58. The van der Waals surface area contributed by atoms with Gasteiger partial charge in [-0.1, -0.05) is 51.0 Å². The Morgan fingerprint density at radius 3 is 2.38 bits per heavy atom. The number of anilines is 1. The number of pyridine rings is 1. The molecule has 0 aliphatic heterocycles. The van der Waals surface area contributed by atoms with E-state index in [1.54, 1.807) is 6.20 Å². The van der Waals surface area contributed by atoms with Gasteiger partial charge in [0, 0.05) is 47.2 Å². The van der Waals surface area contributed by atoms with Gasteiger partial charge < -0.3 is 9.32 Å². The molecule has 0 atom stereocenters. The SMILES string of the molecule is CCCCN(CCCC)c1ccc2c(c1)oc1c3ccccc3c3nc4ncccc4nc3c21. The molecular weight excluding hydrogens is 420 g/mol. The molecule has 3 aromatic heterocycles. The van der Waals surface area contributed by atoms with Crippen LogP contribution in [0.5, 0.6) is 0 Å². The maximum Gasteiger partial charge on any atom is 0.178 e. The highest BCUT2D eigenvalue weighted by atomic mass is 16.3. The van der Waals surface area contributed by atoms with Crippen LogP contribution in [0.4, 0.5) is 5.69 Å². The Bertz CT molecular complexity index is 1640. The summed E-state index contributed by atoms with van der Waals surface area (Å²) in [5, 5.41) is 4.21. The van der Waals surface area contributed by atoms with Crippen LogP contribution in [0.15, 0.2) is 65.2 Å². The topological polar surface area (TPSA) is 55.1 Å². The summed E-state index contributed by atoms with van der Waals surface area (Å²) in [5.41, 5.74) is 6.20. The molecule has 3 aromatic carbocycles. The van der Waals surface area contributed by atoms with Gasteiger partial charge in [0.2, 0.25) is 0 Å². The normalized spacial score (nSPS) is 11.9. The number of hydrogen-bond acceptors (Lipinski definition) is 5. The van der Waals surface area contributed by atoms with Gasteiger partial charge in [-0.15, -0.1) is 0 Å². The monoisotopic (exact) mass is 448 g/mol. The van der Waals surface area contributed by atoms with Gasteiger partial charge in [-0.3, -0.25) is 0 Å².